The summed E-state index contributed by atoms with van der Waals surface area (Å²) in [5, 5.41) is 3.32. The van der Waals surface area contributed by atoms with Crippen molar-refractivity contribution in [3.8, 4) is 0 Å². The lowest BCUT2D eigenvalue weighted by molar-refractivity contribution is -0.138. The molecule has 1 fully saturated rings. The molecule has 2 aliphatic rings. The van der Waals surface area contributed by atoms with E-state index in [1.807, 2.05) is 18.7 Å². The zero-order chi connectivity index (χ0) is 18.0. The van der Waals surface area contributed by atoms with Crippen LogP contribution in [0.25, 0.3) is 0 Å². The van der Waals surface area contributed by atoms with Crippen LogP contribution in [-0.4, -0.2) is 35.3 Å². The molecule has 0 aromatic heterocycles. The first-order valence-corrected chi connectivity index (χ1v) is 9.55. The van der Waals surface area contributed by atoms with Crippen LogP contribution in [0.4, 0.5) is 0 Å². The summed E-state index contributed by atoms with van der Waals surface area (Å²) in [6.07, 6.45) is 4.65. The van der Waals surface area contributed by atoms with Gasteiger partial charge in [0.1, 0.15) is 0 Å². The van der Waals surface area contributed by atoms with Crippen LogP contribution in [0, 0.1) is 11.8 Å². The second kappa shape index (κ2) is 7.19. The number of hydrogen-bond donors (Lipinski definition) is 1. The summed E-state index contributed by atoms with van der Waals surface area (Å²) >= 11 is 0. The van der Waals surface area contributed by atoms with Crippen LogP contribution in [0.5, 0.6) is 0 Å². The summed E-state index contributed by atoms with van der Waals surface area (Å²) < 4.78 is 0. The number of nitrogens with zero attached hydrogens (tertiary/aromatic N) is 1. The van der Waals surface area contributed by atoms with Crippen molar-refractivity contribution in [1.82, 2.24) is 10.2 Å². The highest BCUT2D eigenvalue weighted by Crippen LogP contribution is 2.29. The molecule has 2 atom stereocenters. The highest BCUT2D eigenvalue weighted by atomic mass is 16.2. The molecule has 0 unspecified atom stereocenters. The second-order valence-electron chi connectivity index (χ2n) is 8.27. The van der Waals surface area contributed by atoms with Crippen LogP contribution in [0.3, 0.4) is 0 Å². The summed E-state index contributed by atoms with van der Waals surface area (Å²) in [6, 6.07) is 8.52. The van der Waals surface area contributed by atoms with Crippen LogP contribution in [0.2, 0.25) is 0 Å². The van der Waals surface area contributed by atoms with Crippen LogP contribution in [0.15, 0.2) is 24.3 Å². The zero-order valence-electron chi connectivity index (χ0n) is 15.7. The molecule has 1 heterocycles. The third-order valence-electron chi connectivity index (χ3n) is 5.67. The van der Waals surface area contributed by atoms with Gasteiger partial charge >= 0.3 is 0 Å². The van der Waals surface area contributed by atoms with Crippen molar-refractivity contribution in [1.29, 1.82) is 0 Å². The molecule has 136 valence electrons. The van der Waals surface area contributed by atoms with E-state index >= 15 is 0 Å². The first-order valence-electron chi connectivity index (χ1n) is 9.55. The monoisotopic (exact) mass is 342 g/mol. The molecule has 2 amide bonds. The van der Waals surface area contributed by atoms with Gasteiger partial charge < -0.3 is 10.2 Å². The van der Waals surface area contributed by atoms with E-state index in [4.69, 9.17) is 0 Å². The summed E-state index contributed by atoms with van der Waals surface area (Å²) in [7, 11) is 0. The number of rotatable bonds is 3. The van der Waals surface area contributed by atoms with Crippen molar-refractivity contribution < 1.29 is 9.59 Å². The van der Waals surface area contributed by atoms with Gasteiger partial charge in [-0.2, -0.15) is 0 Å². The Kier molecular flexibility index (Phi) is 5.16. The molecule has 1 aromatic rings. The molecule has 3 rings (SSSR count). The van der Waals surface area contributed by atoms with Crippen molar-refractivity contribution >= 4 is 11.8 Å². The smallest absolute Gasteiger partial charge is 0.225 e. The molecule has 4 nitrogen and oxygen atoms in total. The minimum absolute atomic E-state index is 0.00539. The summed E-state index contributed by atoms with van der Waals surface area (Å²) in [5.74, 6) is 0.193. The Hall–Kier alpha value is -1.84. The predicted octanol–water partition coefficient (Wildman–Crippen LogP) is 2.94. The maximum absolute atomic E-state index is 12.9. The minimum Gasteiger partial charge on any atom is -0.350 e. The number of fused-ring (bicyclic) bond motifs is 1. The average molecular weight is 342 g/mol. The van der Waals surface area contributed by atoms with E-state index in [-0.39, 0.29) is 29.2 Å². The Bertz CT molecular complexity index is 655. The number of carbonyl (C=O) groups excluding carboxylic acids is 2. The van der Waals surface area contributed by atoms with Crippen molar-refractivity contribution in [3.63, 3.8) is 0 Å². The van der Waals surface area contributed by atoms with Crippen molar-refractivity contribution in [2.45, 2.75) is 58.4 Å². The number of hydrogen-bond acceptors (Lipinski definition) is 2. The second-order valence-corrected chi connectivity index (χ2v) is 8.27. The summed E-state index contributed by atoms with van der Waals surface area (Å²) in [6.45, 7) is 7.35. The minimum atomic E-state index is -0.185. The van der Waals surface area contributed by atoms with Gasteiger partial charge in [-0.3, -0.25) is 9.59 Å². The number of nitrogens with one attached hydrogen (secondary N) is 1. The average Bonchev–Trinajstić information content (AvgIpc) is 2.60. The highest BCUT2D eigenvalue weighted by molar-refractivity contribution is 5.82. The van der Waals surface area contributed by atoms with E-state index in [1.165, 1.54) is 11.1 Å². The number of amides is 2. The largest absolute Gasteiger partial charge is 0.350 e. The molecule has 0 radical (unpaired) electrons. The fourth-order valence-electron chi connectivity index (χ4n) is 4.16. The Labute approximate surface area is 151 Å². The normalized spacial score (nSPS) is 26.2. The summed E-state index contributed by atoms with van der Waals surface area (Å²) in [5.41, 5.74) is 2.56. The maximum Gasteiger partial charge on any atom is 0.225 e. The molecule has 1 N–H and O–H groups in total. The molecular formula is C21H30N2O2. The van der Waals surface area contributed by atoms with E-state index in [1.54, 1.807) is 0 Å². The molecular weight excluding hydrogens is 312 g/mol. The molecule has 1 aliphatic carbocycles. The molecule has 1 aliphatic heterocycles. The van der Waals surface area contributed by atoms with Crippen LogP contribution >= 0.6 is 0 Å². The Morgan fingerprint density at radius 2 is 1.96 bits per heavy atom. The van der Waals surface area contributed by atoms with Gasteiger partial charge in [-0.05, 0) is 50.2 Å². The Morgan fingerprint density at radius 3 is 2.68 bits per heavy atom. The Morgan fingerprint density at radius 1 is 1.24 bits per heavy atom. The lowest BCUT2D eigenvalue weighted by atomic mass is 9.78. The Balaban J connectivity index is 1.63. The highest BCUT2D eigenvalue weighted by Gasteiger charge is 2.35. The van der Waals surface area contributed by atoms with Gasteiger partial charge in [0.25, 0.3) is 0 Å². The van der Waals surface area contributed by atoms with E-state index < -0.39 is 0 Å². The SMILES string of the molecule is CC(C)C(=O)N1CCC[C@@H](C(=O)N[C@@]2(C)CCc3ccccc3C2)C1. The number of likely N-dealkylation sites (tertiary alicyclic amines) is 1. The molecule has 0 saturated carbocycles. The van der Waals surface area contributed by atoms with Crippen LogP contribution in [0.1, 0.15) is 51.2 Å². The molecule has 25 heavy (non-hydrogen) atoms. The van der Waals surface area contributed by atoms with Crippen molar-refractivity contribution in [2.24, 2.45) is 11.8 Å². The van der Waals surface area contributed by atoms with E-state index in [2.05, 4.69) is 36.5 Å². The van der Waals surface area contributed by atoms with Gasteiger partial charge in [-0.25, -0.2) is 0 Å². The summed E-state index contributed by atoms with van der Waals surface area (Å²) in [4.78, 5) is 27.0. The van der Waals surface area contributed by atoms with Crippen molar-refractivity contribution in [3.05, 3.63) is 35.4 Å². The van der Waals surface area contributed by atoms with Gasteiger partial charge in [0.2, 0.25) is 11.8 Å². The van der Waals surface area contributed by atoms with E-state index in [0.29, 0.717) is 6.54 Å². The molecule has 0 bridgehead atoms. The number of aryl methyl sites for hydroxylation is 1. The van der Waals surface area contributed by atoms with Gasteiger partial charge in [-0.1, -0.05) is 38.1 Å². The molecule has 1 aromatic carbocycles. The van der Waals surface area contributed by atoms with Gasteiger partial charge in [0.05, 0.1) is 5.92 Å². The lowest BCUT2D eigenvalue weighted by Gasteiger charge is -2.39. The van der Waals surface area contributed by atoms with Gasteiger partial charge in [0.15, 0.2) is 0 Å². The van der Waals surface area contributed by atoms with E-state index in [0.717, 1.165) is 38.6 Å². The predicted molar refractivity (Wildman–Crippen MR) is 99.2 cm³/mol. The number of carbonyl (C=O) groups is 2. The quantitative estimate of drug-likeness (QED) is 0.918. The first kappa shape index (κ1) is 18.0. The fourth-order valence-corrected chi connectivity index (χ4v) is 4.16. The zero-order valence-corrected chi connectivity index (χ0v) is 15.7. The standard InChI is InChI=1S/C21H30N2O2/c1-15(2)20(25)23-12-6-9-18(14-23)19(24)22-21(3)11-10-16-7-4-5-8-17(16)13-21/h4-5,7-8,15,18H,6,9-14H2,1-3H3,(H,22,24)/t18-,21+/m1/s1. The topological polar surface area (TPSA) is 49.4 Å². The first-order chi connectivity index (χ1) is 11.9. The van der Waals surface area contributed by atoms with Crippen LogP contribution < -0.4 is 5.32 Å². The van der Waals surface area contributed by atoms with Crippen LogP contribution in [-0.2, 0) is 22.4 Å². The number of benzene rings is 1. The van der Waals surface area contributed by atoms with E-state index in [9.17, 15) is 9.59 Å². The van der Waals surface area contributed by atoms with Gasteiger partial charge in [0, 0.05) is 24.5 Å². The third kappa shape index (κ3) is 4.05. The molecule has 4 heteroatoms. The van der Waals surface area contributed by atoms with Crippen molar-refractivity contribution in [2.75, 3.05) is 13.1 Å². The third-order valence-corrected chi connectivity index (χ3v) is 5.67. The molecule has 0 spiro atoms. The number of piperidine rings is 1. The molecule has 1 saturated heterocycles. The lowest BCUT2D eigenvalue weighted by Crippen LogP contribution is -2.54. The fraction of sp³-hybridized carbons (Fsp3) is 0.619. The van der Waals surface area contributed by atoms with Gasteiger partial charge in [-0.15, -0.1) is 0 Å². The maximum atomic E-state index is 12.9.